The van der Waals surface area contributed by atoms with Crippen LogP contribution >= 0.6 is 0 Å². The maximum atomic E-state index is 2.70. The van der Waals surface area contributed by atoms with E-state index in [-0.39, 0.29) is 48.0 Å². The van der Waals surface area contributed by atoms with Crippen LogP contribution in [0.1, 0.15) is 6.42 Å². The molecular formula is C7H7As3Cl2Zr. The van der Waals surface area contributed by atoms with E-state index in [4.69, 9.17) is 0 Å². The summed E-state index contributed by atoms with van der Waals surface area (Å²) < 4.78 is 3.85. The van der Waals surface area contributed by atoms with Crippen molar-refractivity contribution in [3.8, 4) is 0 Å². The monoisotopic (exact) mass is 476 g/mol. The first kappa shape index (κ1) is 15.4. The van der Waals surface area contributed by atoms with Gasteiger partial charge in [-0.05, 0) is 0 Å². The van der Waals surface area contributed by atoms with E-state index >= 15 is 0 Å². The number of rotatable bonds is 2. The van der Waals surface area contributed by atoms with E-state index in [9.17, 15) is 0 Å². The Labute approximate surface area is 119 Å². The summed E-state index contributed by atoms with van der Waals surface area (Å²) in [5.74, 6) is 0. The van der Waals surface area contributed by atoms with Gasteiger partial charge in [0.15, 0.2) is 0 Å². The fourth-order valence-electron chi connectivity index (χ4n) is 0.967. The summed E-state index contributed by atoms with van der Waals surface area (Å²) in [6, 6.07) is 0. The minimum absolute atomic E-state index is 0. The number of halogens is 2. The minimum atomic E-state index is -0.153. The van der Waals surface area contributed by atoms with Crippen LogP contribution in [0.15, 0.2) is 28.4 Å². The molecule has 0 aromatic carbocycles. The van der Waals surface area contributed by atoms with E-state index < -0.39 is 0 Å². The molecule has 0 bridgehead atoms. The molecule has 1 unspecified atom stereocenters. The second-order valence-electron chi connectivity index (χ2n) is 2.31. The Morgan fingerprint density at radius 2 is 2.23 bits per heavy atom. The van der Waals surface area contributed by atoms with E-state index in [0.717, 1.165) is 24.2 Å². The number of hydrogen-bond donors (Lipinski definition) is 0. The maximum Gasteiger partial charge on any atom is -1.00 e. The van der Waals surface area contributed by atoms with Gasteiger partial charge in [-0.1, -0.05) is 0 Å². The van der Waals surface area contributed by atoms with Crippen molar-refractivity contribution in [1.29, 1.82) is 0 Å². The molecule has 0 amide bonds. The fraction of sp³-hybridized carbons (Fsp3) is 0.143. The molecule has 6 heteroatoms. The molecule has 0 saturated carbocycles. The van der Waals surface area contributed by atoms with Crippen LogP contribution in [0.4, 0.5) is 0 Å². The summed E-state index contributed by atoms with van der Waals surface area (Å²) in [6.45, 7) is 0. The molecule has 1 aliphatic carbocycles. The Kier molecular flexibility index (Phi) is 10.0. The molecule has 13 heavy (non-hydrogen) atoms. The SMILES string of the molecule is C1=CC[C]([Zr+2][C]2=C[AsH][As]=[As]2)=C1.[Cl-].[Cl-]. The maximum absolute atomic E-state index is 2.70. The molecular weight excluding hydrogens is 471 g/mol. The van der Waals surface area contributed by atoms with Crippen molar-refractivity contribution in [2.45, 2.75) is 6.42 Å². The van der Waals surface area contributed by atoms with E-state index in [1.165, 1.54) is 6.42 Å². The predicted molar refractivity (Wildman–Crippen MR) is 48.6 cm³/mol. The van der Waals surface area contributed by atoms with E-state index in [1.54, 1.807) is 0 Å². The van der Waals surface area contributed by atoms with Crippen molar-refractivity contribution < 1.29 is 48.0 Å². The van der Waals surface area contributed by atoms with Crippen LogP contribution in [-0.2, 0) is 23.2 Å². The van der Waals surface area contributed by atoms with Crippen LogP contribution < -0.4 is 24.8 Å². The van der Waals surface area contributed by atoms with Crippen LogP contribution in [-0.4, -0.2) is 37.9 Å². The second kappa shape index (κ2) is 8.50. The van der Waals surface area contributed by atoms with Gasteiger partial charge in [0.1, 0.15) is 0 Å². The van der Waals surface area contributed by atoms with Gasteiger partial charge in [0.2, 0.25) is 0 Å². The molecule has 0 N–H and O–H groups in total. The molecule has 2 aliphatic rings. The van der Waals surface area contributed by atoms with Crippen LogP contribution in [0.5, 0.6) is 0 Å². The molecule has 0 fully saturated rings. The average Bonchev–Trinajstić information content (AvgIpc) is 2.60. The molecule has 2 rings (SSSR count). The van der Waals surface area contributed by atoms with Crippen molar-refractivity contribution >= 4 is 37.9 Å². The molecule has 68 valence electrons. The summed E-state index contributed by atoms with van der Waals surface area (Å²) in [7, 11) is 0. The minimum Gasteiger partial charge on any atom is -1.00 e. The zero-order valence-corrected chi connectivity index (χ0v) is 16.5. The third-order valence-corrected chi connectivity index (χ3v) is 35.1. The summed E-state index contributed by atoms with van der Waals surface area (Å²) in [5, 5.41) is 0. The van der Waals surface area contributed by atoms with Crippen LogP contribution in [0.2, 0.25) is 0 Å². The fourth-order valence-corrected chi connectivity index (χ4v) is 55.5. The molecule has 0 aromatic rings. The second-order valence-corrected chi connectivity index (χ2v) is 29.6. The third-order valence-electron chi connectivity index (χ3n) is 1.48. The Morgan fingerprint density at radius 1 is 1.38 bits per heavy atom. The van der Waals surface area contributed by atoms with Gasteiger partial charge in [-0.15, -0.1) is 0 Å². The van der Waals surface area contributed by atoms with Crippen molar-refractivity contribution in [1.82, 2.24) is 0 Å². The smallest absolute Gasteiger partial charge is 1.00 e. The third kappa shape index (κ3) is 5.29. The Hall–Kier alpha value is 2.36. The van der Waals surface area contributed by atoms with Gasteiger partial charge in [-0.3, -0.25) is 0 Å². The van der Waals surface area contributed by atoms with E-state index in [2.05, 4.69) is 23.1 Å². The van der Waals surface area contributed by atoms with Gasteiger partial charge >= 0.3 is 96.0 Å². The molecule has 0 nitrogen and oxygen atoms in total. The zero-order valence-electron chi connectivity index (χ0n) is 6.67. The summed E-state index contributed by atoms with van der Waals surface area (Å²) in [6.07, 6.45) is 8.24. The molecule has 1 atom stereocenters. The summed E-state index contributed by atoms with van der Waals surface area (Å²) >= 11 is 2.11. The Morgan fingerprint density at radius 3 is 2.77 bits per heavy atom. The predicted octanol–water partition coefficient (Wildman–Crippen LogP) is -5.59. The average molecular weight is 478 g/mol. The summed E-state index contributed by atoms with van der Waals surface area (Å²) in [5.41, 5.74) is 0. The Bertz CT molecular complexity index is 283. The molecule has 0 aromatic heterocycles. The first-order chi connectivity index (χ1) is 5.45. The number of hydrogen-bond acceptors (Lipinski definition) is 0. The van der Waals surface area contributed by atoms with Gasteiger partial charge in [0, 0.05) is 0 Å². The molecule has 0 radical (unpaired) electrons. The van der Waals surface area contributed by atoms with Crippen molar-refractivity contribution in [3.05, 3.63) is 28.4 Å². The van der Waals surface area contributed by atoms with Gasteiger partial charge in [-0.2, -0.15) is 0 Å². The summed E-state index contributed by atoms with van der Waals surface area (Å²) in [4.78, 5) is 2.70. The molecule has 1 heterocycles. The first-order valence-corrected chi connectivity index (χ1v) is 19.1. The van der Waals surface area contributed by atoms with E-state index in [0.29, 0.717) is 13.7 Å². The standard InChI is InChI=1S/C5H5.C2H2As3.2ClH.Zr/c2*1-2-4-5-3-1;;;/h1-3H,4H2;1,3H;2*1H;/q;;;;+2/p-2. The zero-order chi connectivity index (χ0) is 7.52. The van der Waals surface area contributed by atoms with Crippen molar-refractivity contribution in [2.75, 3.05) is 0 Å². The van der Waals surface area contributed by atoms with Crippen molar-refractivity contribution in [2.24, 2.45) is 0 Å². The molecule has 0 spiro atoms. The number of allylic oxidation sites excluding steroid dienone is 4. The van der Waals surface area contributed by atoms with Gasteiger partial charge in [-0.25, -0.2) is 0 Å². The Balaban J connectivity index is 0.000000720. The van der Waals surface area contributed by atoms with Crippen molar-refractivity contribution in [3.63, 3.8) is 0 Å². The molecule has 0 saturated heterocycles. The van der Waals surface area contributed by atoms with Crippen LogP contribution in [0.25, 0.3) is 0 Å². The quantitative estimate of drug-likeness (QED) is 0.348. The van der Waals surface area contributed by atoms with Gasteiger partial charge in [0.25, 0.3) is 0 Å². The normalized spacial score (nSPS) is 21.2. The first-order valence-electron chi connectivity index (χ1n) is 3.44. The van der Waals surface area contributed by atoms with Crippen LogP contribution in [0.3, 0.4) is 0 Å². The topological polar surface area (TPSA) is 0 Å². The van der Waals surface area contributed by atoms with Gasteiger partial charge in [0.05, 0.1) is 0 Å². The van der Waals surface area contributed by atoms with Crippen LogP contribution in [0, 0.1) is 0 Å². The largest absolute Gasteiger partial charge is 1.00 e. The van der Waals surface area contributed by atoms with Gasteiger partial charge < -0.3 is 24.8 Å². The van der Waals surface area contributed by atoms with E-state index in [1.807, 2.05) is 5.35 Å². The molecule has 1 aliphatic heterocycles.